The molecule has 122 valence electrons. The number of nitrogens with zero attached hydrogens (tertiary/aromatic N) is 1. The maximum Gasteiger partial charge on any atom is 0.191 e. The lowest BCUT2D eigenvalue weighted by molar-refractivity contribution is 0.559. The van der Waals surface area contributed by atoms with Crippen LogP contribution in [0.1, 0.15) is 27.7 Å². The van der Waals surface area contributed by atoms with Crippen molar-refractivity contribution >= 4 is 51.5 Å². The number of rotatable bonds is 7. The van der Waals surface area contributed by atoms with Gasteiger partial charge in [0.15, 0.2) is 15.8 Å². The van der Waals surface area contributed by atoms with Gasteiger partial charge in [-0.05, 0) is 34.0 Å². The smallest absolute Gasteiger partial charge is 0.191 e. The zero-order valence-electron chi connectivity index (χ0n) is 13.0. The van der Waals surface area contributed by atoms with E-state index < -0.39 is 14.6 Å². The summed E-state index contributed by atoms with van der Waals surface area (Å²) in [5.41, 5.74) is 0. The predicted octanol–water partition coefficient (Wildman–Crippen LogP) is 1.74. The van der Waals surface area contributed by atoms with Crippen molar-refractivity contribution in [2.24, 2.45) is 4.99 Å². The first-order valence-corrected chi connectivity index (χ1v) is 9.52. The molecule has 2 N–H and O–H groups in total. The van der Waals surface area contributed by atoms with Gasteiger partial charge in [-0.25, -0.2) is 8.42 Å². The van der Waals surface area contributed by atoms with Gasteiger partial charge >= 0.3 is 0 Å². The molecule has 8 heteroatoms. The fraction of sp³-hybridized carbons (Fsp3) is 0.917. The van der Waals surface area contributed by atoms with E-state index in [1.807, 2.05) is 13.2 Å². The van der Waals surface area contributed by atoms with E-state index in [4.69, 9.17) is 0 Å². The van der Waals surface area contributed by atoms with Crippen LogP contribution in [0.4, 0.5) is 0 Å². The van der Waals surface area contributed by atoms with E-state index in [1.54, 1.807) is 32.5 Å². The fourth-order valence-electron chi connectivity index (χ4n) is 1.20. The summed E-state index contributed by atoms with van der Waals surface area (Å²) in [6.45, 7) is 9.02. The van der Waals surface area contributed by atoms with Gasteiger partial charge in [-0.3, -0.25) is 4.99 Å². The molecule has 5 nitrogen and oxygen atoms in total. The Morgan fingerprint density at radius 2 is 1.85 bits per heavy atom. The van der Waals surface area contributed by atoms with Gasteiger partial charge in [-0.2, -0.15) is 11.8 Å². The van der Waals surface area contributed by atoms with Crippen LogP contribution in [0, 0.1) is 0 Å². The molecule has 0 aliphatic rings. The van der Waals surface area contributed by atoms with Gasteiger partial charge in [0.05, 0.1) is 17.0 Å². The second kappa shape index (κ2) is 10.9. The van der Waals surface area contributed by atoms with Gasteiger partial charge in [0.2, 0.25) is 0 Å². The number of hydrogen-bond acceptors (Lipinski definition) is 4. The number of guanidine groups is 1. The molecule has 0 saturated heterocycles. The lowest BCUT2D eigenvalue weighted by Gasteiger charge is -2.19. The van der Waals surface area contributed by atoms with Crippen molar-refractivity contribution in [3.05, 3.63) is 0 Å². The molecule has 0 fully saturated rings. The molecule has 0 aliphatic carbocycles. The fourth-order valence-corrected chi connectivity index (χ4v) is 2.46. The molecule has 0 unspecified atom stereocenters. The third-order valence-electron chi connectivity index (χ3n) is 2.51. The molecular formula is C12H28IN3O2S2. The molecule has 0 saturated carbocycles. The van der Waals surface area contributed by atoms with Crippen LogP contribution in [0.15, 0.2) is 4.99 Å². The van der Waals surface area contributed by atoms with Gasteiger partial charge < -0.3 is 10.6 Å². The number of hydrogen-bond donors (Lipinski definition) is 2. The van der Waals surface area contributed by atoms with Crippen LogP contribution in [-0.4, -0.2) is 56.5 Å². The molecule has 0 atom stereocenters. The summed E-state index contributed by atoms with van der Waals surface area (Å²) in [6, 6.07) is 0. The minimum Gasteiger partial charge on any atom is -0.357 e. The maximum atomic E-state index is 11.9. The molecule has 0 heterocycles. The SMILES string of the molecule is CCNC(=NCCSC)NCCS(=O)(=O)C(C)(C)C.I. The van der Waals surface area contributed by atoms with Gasteiger partial charge in [0.25, 0.3) is 0 Å². The normalized spacial score (nSPS) is 12.8. The largest absolute Gasteiger partial charge is 0.357 e. The van der Waals surface area contributed by atoms with Crippen molar-refractivity contribution in [1.82, 2.24) is 10.6 Å². The van der Waals surface area contributed by atoms with E-state index in [2.05, 4.69) is 15.6 Å². The summed E-state index contributed by atoms with van der Waals surface area (Å²) in [4.78, 5) is 4.36. The van der Waals surface area contributed by atoms with Crippen LogP contribution in [0.5, 0.6) is 0 Å². The Hall–Kier alpha value is 0.300. The molecule has 0 aromatic rings. The predicted molar refractivity (Wildman–Crippen MR) is 101 cm³/mol. The third kappa shape index (κ3) is 9.28. The zero-order valence-corrected chi connectivity index (χ0v) is 17.0. The second-order valence-corrected chi connectivity index (χ2v) is 8.96. The van der Waals surface area contributed by atoms with E-state index in [0.717, 1.165) is 18.8 Å². The molecule has 0 spiro atoms. The first-order chi connectivity index (χ1) is 8.74. The summed E-state index contributed by atoms with van der Waals surface area (Å²) in [7, 11) is -3.08. The Kier molecular flexibility index (Phi) is 12.4. The average molecular weight is 437 g/mol. The highest BCUT2D eigenvalue weighted by Crippen LogP contribution is 2.15. The minimum absolute atomic E-state index is 0. The Labute approximate surface area is 145 Å². The number of nitrogens with one attached hydrogen (secondary N) is 2. The standard InChI is InChI=1S/C12H27N3O2S2.HI/c1-6-13-11(14-7-9-18-5)15-8-10-19(16,17)12(2,3)4;/h6-10H2,1-5H3,(H2,13,14,15);1H. The van der Waals surface area contributed by atoms with Crippen LogP contribution in [-0.2, 0) is 9.84 Å². The number of sulfone groups is 1. The Morgan fingerprint density at radius 3 is 2.30 bits per heavy atom. The van der Waals surface area contributed by atoms with E-state index in [0.29, 0.717) is 12.5 Å². The number of halogens is 1. The van der Waals surface area contributed by atoms with E-state index in [1.165, 1.54) is 0 Å². The quantitative estimate of drug-likeness (QED) is 0.275. The maximum absolute atomic E-state index is 11.9. The molecule has 0 bridgehead atoms. The van der Waals surface area contributed by atoms with Gasteiger partial charge in [-0.1, -0.05) is 0 Å². The lowest BCUT2D eigenvalue weighted by atomic mass is 10.3. The second-order valence-electron chi connectivity index (χ2n) is 5.11. The van der Waals surface area contributed by atoms with Crippen molar-refractivity contribution in [3.8, 4) is 0 Å². The Morgan fingerprint density at radius 1 is 1.25 bits per heavy atom. The van der Waals surface area contributed by atoms with Crippen LogP contribution in [0.25, 0.3) is 0 Å². The number of aliphatic imine (C=N–C) groups is 1. The van der Waals surface area contributed by atoms with Crippen molar-refractivity contribution in [1.29, 1.82) is 0 Å². The van der Waals surface area contributed by atoms with E-state index >= 15 is 0 Å². The highest BCUT2D eigenvalue weighted by atomic mass is 127. The van der Waals surface area contributed by atoms with Crippen molar-refractivity contribution in [3.63, 3.8) is 0 Å². The van der Waals surface area contributed by atoms with Crippen LogP contribution in [0.3, 0.4) is 0 Å². The molecular weight excluding hydrogens is 409 g/mol. The molecule has 20 heavy (non-hydrogen) atoms. The van der Waals surface area contributed by atoms with Crippen molar-refractivity contribution in [2.45, 2.75) is 32.4 Å². The lowest BCUT2D eigenvalue weighted by Crippen LogP contribution is -2.42. The first-order valence-electron chi connectivity index (χ1n) is 6.48. The van der Waals surface area contributed by atoms with Gasteiger partial charge in [-0.15, -0.1) is 24.0 Å². The minimum atomic E-state index is -3.08. The first kappa shape index (κ1) is 22.6. The van der Waals surface area contributed by atoms with Gasteiger partial charge in [0, 0.05) is 18.8 Å². The highest BCUT2D eigenvalue weighted by Gasteiger charge is 2.28. The van der Waals surface area contributed by atoms with E-state index in [-0.39, 0.29) is 29.7 Å². The summed E-state index contributed by atoms with van der Waals surface area (Å²) in [6.07, 6.45) is 2.03. The van der Waals surface area contributed by atoms with Crippen LogP contribution in [0.2, 0.25) is 0 Å². The summed E-state index contributed by atoms with van der Waals surface area (Å²) < 4.78 is 23.2. The monoisotopic (exact) mass is 437 g/mol. The van der Waals surface area contributed by atoms with Crippen molar-refractivity contribution in [2.75, 3.05) is 37.4 Å². The van der Waals surface area contributed by atoms with Gasteiger partial charge in [0.1, 0.15) is 0 Å². The van der Waals surface area contributed by atoms with Crippen LogP contribution < -0.4 is 10.6 Å². The summed E-state index contributed by atoms with van der Waals surface area (Å²) in [5, 5.41) is 6.16. The average Bonchev–Trinajstić information content (AvgIpc) is 2.27. The molecule has 0 rings (SSSR count). The molecule has 0 amide bonds. The Bertz CT molecular complexity index is 379. The third-order valence-corrected chi connectivity index (χ3v) is 5.70. The molecule has 0 aliphatic heterocycles. The van der Waals surface area contributed by atoms with Crippen molar-refractivity contribution < 1.29 is 8.42 Å². The molecule has 0 aromatic heterocycles. The Balaban J connectivity index is 0. The topological polar surface area (TPSA) is 70.6 Å². The summed E-state index contributed by atoms with van der Waals surface area (Å²) >= 11 is 1.73. The van der Waals surface area contributed by atoms with Crippen LogP contribution >= 0.6 is 35.7 Å². The number of thioether (sulfide) groups is 1. The molecule has 0 radical (unpaired) electrons. The summed E-state index contributed by atoms with van der Waals surface area (Å²) in [5.74, 6) is 1.75. The van der Waals surface area contributed by atoms with E-state index in [9.17, 15) is 8.42 Å². The zero-order chi connectivity index (χ0) is 14.9. The molecule has 0 aromatic carbocycles. The highest BCUT2D eigenvalue weighted by molar-refractivity contribution is 14.0.